The fourth-order valence-corrected chi connectivity index (χ4v) is 3.34. The largest absolute Gasteiger partial charge is 0.314 e. The molecule has 0 radical (unpaired) electrons. The van der Waals surface area contributed by atoms with Crippen LogP contribution in [-0.2, 0) is 4.79 Å². The van der Waals surface area contributed by atoms with Crippen molar-refractivity contribution in [3.8, 4) is 0 Å². The number of amides is 1. The van der Waals surface area contributed by atoms with Crippen molar-refractivity contribution < 1.29 is 4.79 Å². The van der Waals surface area contributed by atoms with Gasteiger partial charge >= 0.3 is 0 Å². The molecule has 0 aromatic carbocycles. The fraction of sp³-hybridized carbons (Fsp3) is 0.571. The van der Waals surface area contributed by atoms with Crippen molar-refractivity contribution in [2.45, 2.75) is 18.9 Å². The molecule has 2 aliphatic rings. The lowest BCUT2D eigenvalue weighted by Gasteiger charge is -2.34. The molecule has 124 valence electrons. The van der Waals surface area contributed by atoms with Crippen molar-refractivity contribution in [2.75, 3.05) is 31.5 Å². The van der Waals surface area contributed by atoms with Crippen LogP contribution in [0.5, 0.6) is 0 Å². The smallest absolute Gasteiger partial charge is 0.239 e. The molecular weight excluding hydrogens is 391 g/mol. The minimum absolute atomic E-state index is 0. The summed E-state index contributed by atoms with van der Waals surface area (Å²) in [7, 11) is 0. The van der Waals surface area contributed by atoms with E-state index in [0.29, 0.717) is 24.3 Å². The Morgan fingerprint density at radius 3 is 2.95 bits per heavy atom. The van der Waals surface area contributed by atoms with E-state index in [4.69, 9.17) is 0 Å². The molecule has 2 saturated heterocycles. The van der Waals surface area contributed by atoms with Crippen molar-refractivity contribution in [2.24, 2.45) is 5.92 Å². The molecule has 2 aliphatic heterocycles. The lowest BCUT2D eigenvalue weighted by atomic mass is 9.93. The number of halogens is 3. The third kappa shape index (κ3) is 5.06. The first-order valence-electron chi connectivity index (χ1n) is 7.08. The quantitative estimate of drug-likeness (QED) is 0.801. The Kier molecular flexibility index (Phi) is 8.07. The van der Waals surface area contributed by atoms with Crippen molar-refractivity contribution in [3.05, 3.63) is 22.8 Å². The Hall–Kier alpha value is -0.400. The maximum Gasteiger partial charge on any atom is 0.239 e. The molecule has 3 heterocycles. The number of fused-ring (bicyclic) bond motifs is 1. The summed E-state index contributed by atoms with van der Waals surface area (Å²) in [4.78, 5) is 18.4. The lowest BCUT2D eigenvalue weighted by Crippen LogP contribution is -2.46. The summed E-state index contributed by atoms with van der Waals surface area (Å²) >= 11 is 3.33. The van der Waals surface area contributed by atoms with Crippen molar-refractivity contribution in [1.82, 2.24) is 15.2 Å². The molecule has 1 aromatic rings. The van der Waals surface area contributed by atoms with Gasteiger partial charge in [-0.3, -0.25) is 9.69 Å². The van der Waals surface area contributed by atoms with E-state index >= 15 is 0 Å². The zero-order valence-electron chi connectivity index (χ0n) is 12.1. The SMILES string of the molecule is Cl.Cl.O=C(CN1CCC2NCCC2C1)Nc1ccc(Br)cn1. The summed E-state index contributed by atoms with van der Waals surface area (Å²) < 4.78 is 0.909. The van der Waals surface area contributed by atoms with Crippen molar-refractivity contribution in [3.63, 3.8) is 0 Å². The molecule has 0 spiro atoms. The molecule has 2 unspecified atom stereocenters. The highest BCUT2D eigenvalue weighted by Gasteiger charge is 2.32. The molecule has 2 fully saturated rings. The topological polar surface area (TPSA) is 57.3 Å². The molecule has 0 aliphatic carbocycles. The van der Waals surface area contributed by atoms with E-state index in [2.05, 4.69) is 36.4 Å². The third-order valence-electron chi connectivity index (χ3n) is 4.10. The number of pyridine rings is 1. The van der Waals surface area contributed by atoms with Crippen LogP contribution in [-0.4, -0.2) is 48.0 Å². The number of likely N-dealkylation sites (tertiary alicyclic amines) is 1. The van der Waals surface area contributed by atoms with Crippen LogP contribution in [0.15, 0.2) is 22.8 Å². The van der Waals surface area contributed by atoms with Gasteiger partial charge < -0.3 is 10.6 Å². The van der Waals surface area contributed by atoms with Gasteiger partial charge in [0, 0.05) is 29.8 Å². The van der Waals surface area contributed by atoms with Gasteiger partial charge in [0.15, 0.2) is 0 Å². The normalized spacial score (nSPS) is 23.9. The van der Waals surface area contributed by atoms with E-state index in [0.717, 1.165) is 30.5 Å². The van der Waals surface area contributed by atoms with Crippen LogP contribution in [0.4, 0.5) is 5.82 Å². The Morgan fingerprint density at radius 2 is 2.23 bits per heavy atom. The second kappa shape index (κ2) is 9.03. The predicted octanol–water partition coefficient (Wildman–Crippen LogP) is 2.31. The highest BCUT2D eigenvalue weighted by Crippen LogP contribution is 2.24. The standard InChI is InChI=1S/C14H19BrN4O.2ClH/c15-11-1-2-13(17-7-11)18-14(20)9-19-6-4-12-10(8-19)3-5-16-12;;/h1-2,7,10,12,16H,3-6,8-9H2,(H,17,18,20);2*1H. The van der Waals surface area contributed by atoms with Gasteiger partial charge in [-0.15, -0.1) is 24.8 Å². The Morgan fingerprint density at radius 1 is 1.41 bits per heavy atom. The first-order valence-corrected chi connectivity index (χ1v) is 7.87. The summed E-state index contributed by atoms with van der Waals surface area (Å²) in [6, 6.07) is 4.34. The number of nitrogens with one attached hydrogen (secondary N) is 2. The van der Waals surface area contributed by atoms with Gasteiger partial charge in [-0.1, -0.05) is 0 Å². The van der Waals surface area contributed by atoms with E-state index < -0.39 is 0 Å². The molecule has 5 nitrogen and oxygen atoms in total. The number of hydrogen-bond donors (Lipinski definition) is 2. The van der Waals surface area contributed by atoms with Gasteiger partial charge in [0.25, 0.3) is 0 Å². The fourth-order valence-electron chi connectivity index (χ4n) is 3.10. The van der Waals surface area contributed by atoms with Crippen LogP contribution in [0.1, 0.15) is 12.8 Å². The predicted molar refractivity (Wildman–Crippen MR) is 96.0 cm³/mol. The third-order valence-corrected chi connectivity index (χ3v) is 4.57. The zero-order valence-corrected chi connectivity index (χ0v) is 15.3. The summed E-state index contributed by atoms with van der Waals surface area (Å²) in [5.41, 5.74) is 0. The van der Waals surface area contributed by atoms with Gasteiger partial charge in [-0.05, 0) is 53.4 Å². The molecular formula is C14H21BrCl2N4O. The van der Waals surface area contributed by atoms with E-state index in [1.165, 1.54) is 6.42 Å². The number of nitrogens with zero attached hydrogens (tertiary/aromatic N) is 2. The van der Waals surface area contributed by atoms with Crippen LogP contribution in [0.3, 0.4) is 0 Å². The molecule has 3 rings (SSSR count). The van der Waals surface area contributed by atoms with Gasteiger partial charge in [-0.2, -0.15) is 0 Å². The summed E-state index contributed by atoms with van der Waals surface area (Å²) in [5, 5.41) is 6.38. The molecule has 0 bridgehead atoms. The highest BCUT2D eigenvalue weighted by molar-refractivity contribution is 9.10. The van der Waals surface area contributed by atoms with Crippen LogP contribution < -0.4 is 10.6 Å². The number of anilines is 1. The highest BCUT2D eigenvalue weighted by atomic mass is 79.9. The van der Waals surface area contributed by atoms with Crippen molar-refractivity contribution in [1.29, 1.82) is 0 Å². The number of rotatable bonds is 3. The van der Waals surface area contributed by atoms with E-state index in [1.807, 2.05) is 6.07 Å². The summed E-state index contributed by atoms with van der Waals surface area (Å²) in [6.45, 7) is 3.60. The minimum Gasteiger partial charge on any atom is -0.314 e. The minimum atomic E-state index is 0. The summed E-state index contributed by atoms with van der Waals surface area (Å²) in [6.07, 6.45) is 4.07. The number of carbonyl (C=O) groups excluding carboxylic acids is 1. The monoisotopic (exact) mass is 410 g/mol. The number of aromatic nitrogens is 1. The Bertz CT molecular complexity index is 488. The van der Waals surface area contributed by atoms with Crippen LogP contribution in [0.2, 0.25) is 0 Å². The number of carbonyl (C=O) groups is 1. The second-order valence-electron chi connectivity index (χ2n) is 5.54. The van der Waals surface area contributed by atoms with E-state index in [9.17, 15) is 4.79 Å². The molecule has 1 aromatic heterocycles. The second-order valence-corrected chi connectivity index (χ2v) is 6.46. The molecule has 1 amide bonds. The molecule has 8 heteroatoms. The Labute approximate surface area is 151 Å². The zero-order chi connectivity index (χ0) is 13.9. The van der Waals surface area contributed by atoms with Crippen LogP contribution in [0, 0.1) is 5.92 Å². The molecule has 22 heavy (non-hydrogen) atoms. The Balaban J connectivity index is 0.00000121. The maximum absolute atomic E-state index is 12.0. The van der Waals surface area contributed by atoms with E-state index in [1.54, 1.807) is 12.3 Å². The first kappa shape index (κ1) is 19.6. The average molecular weight is 412 g/mol. The maximum atomic E-state index is 12.0. The number of hydrogen-bond acceptors (Lipinski definition) is 4. The first-order chi connectivity index (χ1) is 9.70. The molecule has 2 atom stereocenters. The van der Waals surface area contributed by atoms with Gasteiger partial charge in [0.05, 0.1) is 6.54 Å². The van der Waals surface area contributed by atoms with E-state index in [-0.39, 0.29) is 30.7 Å². The van der Waals surface area contributed by atoms with Crippen molar-refractivity contribution >= 4 is 52.5 Å². The lowest BCUT2D eigenvalue weighted by molar-refractivity contribution is -0.117. The number of piperidine rings is 1. The molecule has 0 saturated carbocycles. The molecule has 2 N–H and O–H groups in total. The van der Waals surface area contributed by atoms with Crippen LogP contribution >= 0.6 is 40.7 Å². The summed E-state index contributed by atoms with van der Waals surface area (Å²) in [5.74, 6) is 1.34. The van der Waals surface area contributed by atoms with Crippen LogP contribution in [0.25, 0.3) is 0 Å². The van der Waals surface area contributed by atoms with Gasteiger partial charge in [-0.25, -0.2) is 4.98 Å². The van der Waals surface area contributed by atoms with Gasteiger partial charge in [0.2, 0.25) is 5.91 Å². The van der Waals surface area contributed by atoms with Gasteiger partial charge in [0.1, 0.15) is 5.82 Å². The average Bonchev–Trinajstić information content (AvgIpc) is 2.89.